The normalized spacial score (nSPS) is 22.7. The molecule has 0 radical (unpaired) electrons. The van der Waals surface area contributed by atoms with Gasteiger partial charge in [0.05, 0.1) is 12.7 Å². The van der Waals surface area contributed by atoms with E-state index in [1.165, 1.54) is 18.2 Å². The van der Waals surface area contributed by atoms with Crippen LogP contribution in [0.4, 0.5) is 4.39 Å². The molecule has 0 bridgehead atoms. The number of rotatable bonds is 3. The zero-order valence-corrected chi connectivity index (χ0v) is 10.5. The van der Waals surface area contributed by atoms with Crippen molar-refractivity contribution in [3.8, 4) is 5.75 Å². The fraction of sp³-hybridized carbons (Fsp3) is 0.429. The van der Waals surface area contributed by atoms with Crippen molar-refractivity contribution in [2.45, 2.75) is 32.2 Å². The van der Waals surface area contributed by atoms with E-state index in [1.54, 1.807) is 6.08 Å². The van der Waals surface area contributed by atoms with Crippen molar-refractivity contribution in [1.82, 2.24) is 0 Å². The first-order chi connectivity index (χ1) is 8.46. The summed E-state index contributed by atoms with van der Waals surface area (Å²) in [5, 5.41) is 9.54. The van der Waals surface area contributed by atoms with E-state index in [0.717, 1.165) is 0 Å². The molecule has 2 rings (SSSR count). The summed E-state index contributed by atoms with van der Waals surface area (Å²) in [5.74, 6) is -0.829. The van der Waals surface area contributed by atoms with Crippen molar-refractivity contribution < 1.29 is 19.0 Å². The van der Waals surface area contributed by atoms with Crippen LogP contribution in [-0.2, 0) is 9.47 Å². The van der Waals surface area contributed by atoms with Crippen molar-refractivity contribution in [3.63, 3.8) is 0 Å². The molecule has 1 aromatic rings. The molecule has 1 N–H and O–H groups in total. The molecule has 18 heavy (non-hydrogen) atoms. The van der Waals surface area contributed by atoms with Gasteiger partial charge in [-0.15, -0.1) is 0 Å². The molecule has 0 aromatic heterocycles. The van der Waals surface area contributed by atoms with Gasteiger partial charge in [-0.05, 0) is 38.5 Å². The summed E-state index contributed by atoms with van der Waals surface area (Å²) >= 11 is 0. The third-order valence-corrected chi connectivity index (χ3v) is 2.75. The first-order valence-corrected chi connectivity index (χ1v) is 5.93. The molecule has 0 spiro atoms. The first-order valence-electron chi connectivity index (χ1n) is 5.93. The van der Waals surface area contributed by atoms with Crippen molar-refractivity contribution in [2.24, 2.45) is 0 Å². The number of hydrogen-bond acceptors (Lipinski definition) is 3. The Morgan fingerprint density at radius 1 is 1.50 bits per heavy atom. The van der Waals surface area contributed by atoms with Crippen LogP contribution in [0.2, 0.25) is 0 Å². The second-order valence-electron chi connectivity index (χ2n) is 4.79. The van der Waals surface area contributed by atoms with Gasteiger partial charge in [-0.25, -0.2) is 4.39 Å². The number of phenolic OH excluding ortho intramolecular Hbond substituents is 1. The van der Waals surface area contributed by atoms with Crippen LogP contribution in [0, 0.1) is 5.82 Å². The summed E-state index contributed by atoms with van der Waals surface area (Å²) in [6.07, 6.45) is 4.21. The predicted molar refractivity (Wildman–Crippen MR) is 66.6 cm³/mol. The molecular weight excluding hydrogens is 235 g/mol. The molecule has 0 unspecified atom stereocenters. The van der Waals surface area contributed by atoms with Crippen LogP contribution in [0.3, 0.4) is 0 Å². The highest BCUT2D eigenvalue weighted by Gasteiger charge is 2.31. The van der Waals surface area contributed by atoms with Gasteiger partial charge < -0.3 is 14.6 Å². The van der Waals surface area contributed by atoms with Gasteiger partial charge in [0, 0.05) is 5.56 Å². The summed E-state index contributed by atoms with van der Waals surface area (Å²) in [6.45, 7) is 4.29. The van der Waals surface area contributed by atoms with E-state index >= 15 is 0 Å². The van der Waals surface area contributed by atoms with E-state index in [-0.39, 0.29) is 17.7 Å². The van der Waals surface area contributed by atoms with Gasteiger partial charge in [-0.2, -0.15) is 0 Å². The minimum Gasteiger partial charge on any atom is -0.507 e. The Kier molecular flexibility index (Phi) is 3.68. The number of phenols is 1. The van der Waals surface area contributed by atoms with Crippen molar-refractivity contribution in [2.75, 3.05) is 6.61 Å². The second-order valence-corrected chi connectivity index (χ2v) is 4.79. The van der Waals surface area contributed by atoms with Crippen molar-refractivity contribution >= 4 is 6.08 Å². The Morgan fingerprint density at radius 3 is 2.94 bits per heavy atom. The van der Waals surface area contributed by atoms with Crippen molar-refractivity contribution in [1.29, 1.82) is 0 Å². The number of benzene rings is 1. The van der Waals surface area contributed by atoms with Crippen LogP contribution in [0.1, 0.15) is 25.8 Å². The molecule has 0 amide bonds. The van der Waals surface area contributed by atoms with E-state index < -0.39 is 5.79 Å². The molecule has 3 nitrogen and oxygen atoms in total. The molecule has 1 saturated heterocycles. The summed E-state index contributed by atoms with van der Waals surface area (Å²) in [6, 6.07) is 3.86. The minimum atomic E-state index is -0.528. The van der Waals surface area contributed by atoms with E-state index in [2.05, 4.69) is 0 Å². The van der Waals surface area contributed by atoms with Crippen LogP contribution in [0.25, 0.3) is 6.08 Å². The third kappa shape index (κ3) is 3.31. The molecule has 1 aliphatic rings. The number of halogens is 1. The molecule has 1 atom stereocenters. The van der Waals surface area contributed by atoms with Gasteiger partial charge in [-0.3, -0.25) is 0 Å². The topological polar surface area (TPSA) is 38.7 Å². The molecule has 1 heterocycles. The Labute approximate surface area is 106 Å². The lowest BCUT2D eigenvalue weighted by atomic mass is 10.1. The monoisotopic (exact) mass is 252 g/mol. The van der Waals surface area contributed by atoms with E-state index in [4.69, 9.17) is 9.47 Å². The van der Waals surface area contributed by atoms with Gasteiger partial charge in [0.2, 0.25) is 0 Å². The predicted octanol–water partition coefficient (Wildman–Crippen LogP) is 3.09. The molecular formula is C14H17FO3. The molecule has 0 aliphatic carbocycles. The van der Waals surface area contributed by atoms with Gasteiger partial charge in [-0.1, -0.05) is 12.2 Å². The fourth-order valence-electron chi connectivity index (χ4n) is 1.88. The Bertz CT molecular complexity index is 454. The zero-order valence-electron chi connectivity index (χ0n) is 10.5. The summed E-state index contributed by atoms with van der Waals surface area (Å²) < 4.78 is 24.1. The zero-order chi connectivity index (χ0) is 13.2. The number of aromatic hydroxyl groups is 1. The first kappa shape index (κ1) is 13.1. The van der Waals surface area contributed by atoms with Crippen molar-refractivity contribution in [3.05, 3.63) is 35.7 Å². The smallest absolute Gasteiger partial charge is 0.163 e. The lowest BCUT2D eigenvalue weighted by molar-refractivity contribution is -0.137. The molecule has 1 fully saturated rings. The van der Waals surface area contributed by atoms with E-state index in [1.807, 2.05) is 19.9 Å². The standard InChI is InChI=1S/C14H17FO3/c1-14(2)17-9-12(18-14)5-3-4-10-8-11(15)6-7-13(10)16/h3-4,6-8,12,16H,5,9H2,1-2H3/b4-3+/t12-/m0/s1. The largest absolute Gasteiger partial charge is 0.507 e. The number of hydrogen-bond donors (Lipinski definition) is 1. The highest BCUT2D eigenvalue weighted by Crippen LogP contribution is 2.25. The molecule has 0 saturated carbocycles. The Balaban J connectivity index is 1.94. The maximum Gasteiger partial charge on any atom is 0.163 e. The second kappa shape index (κ2) is 5.08. The van der Waals surface area contributed by atoms with Crippen LogP contribution in [-0.4, -0.2) is 23.6 Å². The van der Waals surface area contributed by atoms with Gasteiger partial charge in [0.15, 0.2) is 5.79 Å². The van der Waals surface area contributed by atoms with Gasteiger partial charge in [0.25, 0.3) is 0 Å². The maximum absolute atomic E-state index is 13.0. The maximum atomic E-state index is 13.0. The average molecular weight is 252 g/mol. The molecule has 4 heteroatoms. The summed E-state index contributed by atoms with van der Waals surface area (Å²) in [4.78, 5) is 0. The average Bonchev–Trinajstić information content (AvgIpc) is 2.63. The van der Waals surface area contributed by atoms with Crippen LogP contribution < -0.4 is 0 Å². The third-order valence-electron chi connectivity index (χ3n) is 2.75. The molecule has 1 aromatic carbocycles. The lowest BCUT2D eigenvalue weighted by Crippen LogP contribution is -2.21. The molecule has 98 valence electrons. The summed E-state index contributed by atoms with van der Waals surface area (Å²) in [7, 11) is 0. The Hall–Kier alpha value is -1.39. The van der Waals surface area contributed by atoms with Gasteiger partial charge in [0.1, 0.15) is 11.6 Å². The fourth-order valence-corrected chi connectivity index (χ4v) is 1.88. The van der Waals surface area contributed by atoms with E-state index in [9.17, 15) is 9.50 Å². The number of ether oxygens (including phenoxy) is 2. The van der Waals surface area contributed by atoms with Crippen LogP contribution >= 0.6 is 0 Å². The highest BCUT2D eigenvalue weighted by molar-refractivity contribution is 5.56. The van der Waals surface area contributed by atoms with Crippen LogP contribution in [0.15, 0.2) is 24.3 Å². The van der Waals surface area contributed by atoms with Crippen LogP contribution in [0.5, 0.6) is 5.75 Å². The van der Waals surface area contributed by atoms with Gasteiger partial charge >= 0.3 is 0 Å². The summed E-state index contributed by atoms with van der Waals surface area (Å²) in [5.41, 5.74) is 0.466. The SMILES string of the molecule is CC1(C)OC[C@H](C/C=C/c2cc(F)ccc2O)O1. The lowest BCUT2D eigenvalue weighted by Gasteiger charge is -2.16. The Morgan fingerprint density at radius 2 is 2.28 bits per heavy atom. The van der Waals surface area contributed by atoms with E-state index in [0.29, 0.717) is 18.6 Å². The highest BCUT2D eigenvalue weighted by atomic mass is 19.1. The quantitative estimate of drug-likeness (QED) is 0.898. The molecule has 1 aliphatic heterocycles. The minimum absolute atomic E-state index is 0.00644.